The third-order valence-corrected chi connectivity index (χ3v) is 3.02. The molecule has 1 aromatic rings. The van der Waals surface area contributed by atoms with Crippen LogP contribution in [0.5, 0.6) is 0 Å². The van der Waals surface area contributed by atoms with E-state index >= 15 is 0 Å². The molecule has 0 saturated carbocycles. The molecule has 0 fully saturated rings. The van der Waals surface area contributed by atoms with Crippen LogP contribution in [0.3, 0.4) is 0 Å². The zero-order chi connectivity index (χ0) is 13.2. The van der Waals surface area contributed by atoms with Crippen molar-refractivity contribution >= 4 is 17.3 Å². The molecule has 2 N–H and O–H groups in total. The van der Waals surface area contributed by atoms with Crippen LogP contribution in [-0.2, 0) is 11.2 Å². The molecule has 0 atom stereocenters. The summed E-state index contributed by atoms with van der Waals surface area (Å²) in [5, 5.41) is 6.34. The van der Waals surface area contributed by atoms with Gasteiger partial charge < -0.3 is 10.6 Å². The Kier molecular flexibility index (Phi) is 3.60. The van der Waals surface area contributed by atoms with Crippen molar-refractivity contribution in [1.29, 1.82) is 0 Å². The first kappa shape index (κ1) is 12.9. The third-order valence-electron chi connectivity index (χ3n) is 3.02. The topological polar surface area (TPSA) is 41.1 Å². The van der Waals surface area contributed by atoms with Gasteiger partial charge in [-0.2, -0.15) is 0 Å². The minimum Gasteiger partial charge on any atom is -0.385 e. The van der Waals surface area contributed by atoms with Gasteiger partial charge in [0.05, 0.1) is 0 Å². The lowest BCUT2D eigenvalue weighted by atomic mass is 9.92. The first-order valence-corrected chi connectivity index (χ1v) is 6.61. The second-order valence-corrected chi connectivity index (χ2v) is 6.19. The second-order valence-electron chi connectivity index (χ2n) is 6.19. The summed E-state index contributed by atoms with van der Waals surface area (Å²) < 4.78 is 0. The number of benzene rings is 1. The minimum atomic E-state index is 0.0243. The van der Waals surface area contributed by atoms with Gasteiger partial charge in [-0.3, -0.25) is 4.79 Å². The van der Waals surface area contributed by atoms with Crippen molar-refractivity contribution in [2.24, 2.45) is 5.41 Å². The fraction of sp³-hybridized carbons (Fsp3) is 0.533. The maximum atomic E-state index is 11.9. The maximum Gasteiger partial charge on any atom is 0.224 e. The smallest absolute Gasteiger partial charge is 0.224 e. The van der Waals surface area contributed by atoms with Crippen molar-refractivity contribution in [2.45, 2.75) is 40.0 Å². The molecule has 98 valence electrons. The summed E-state index contributed by atoms with van der Waals surface area (Å²) in [7, 11) is 0. The normalized spacial score (nSPS) is 14.6. The maximum absolute atomic E-state index is 11.9. The van der Waals surface area contributed by atoms with Gasteiger partial charge in [0.1, 0.15) is 0 Å². The number of anilines is 2. The van der Waals surface area contributed by atoms with Gasteiger partial charge in [0.2, 0.25) is 5.91 Å². The number of amides is 1. The highest BCUT2D eigenvalue weighted by Crippen LogP contribution is 2.26. The van der Waals surface area contributed by atoms with Crippen LogP contribution < -0.4 is 10.6 Å². The van der Waals surface area contributed by atoms with Crippen molar-refractivity contribution in [3.05, 3.63) is 23.8 Å². The Labute approximate surface area is 109 Å². The first-order valence-electron chi connectivity index (χ1n) is 6.61. The zero-order valence-corrected chi connectivity index (χ0v) is 11.5. The van der Waals surface area contributed by atoms with E-state index in [9.17, 15) is 4.79 Å². The Morgan fingerprint density at radius 1 is 1.39 bits per heavy atom. The van der Waals surface area contributed by atoms with Crippen LogP contribution in [0.1, 0.15) is 39.2 Å². The zero-order valence-electron chi connectivity index (χ0n) is 11.5. The summed E-state index contributed by atoms with van der Waals surface area (Å²) in [6.45, 7) is 7.23. The molecule has 0 unspecified atom stereocenters. The summed E-state index contributed by atoms with van der Waals surface area (Å²) in [5.41, 5.74) is 3.42. The van der Waals surface area contributed by atoms with Crippen LogP contribution in [0.25, 0.3) is 0 Å². The van der Waals surface area contributed by atoms with E-state index in [2.05, 4.69) is 37.5 Å². The van der Waals surface area contributed by atoms with Crippen LogP contribution in [0, 0.1) is 5.41 Å². The van der Waals surface area contributed by atoms with Crippen LogP contribution in [0.15, 0.2) is 18.2 Å². The van der Waals surface area contributed by atoms with E-state index in [1.54, 1.807) is 0 Å². The quantitative estimate of drug-likeness (QED) is 0.839. The van der Waals surface area contributed by atoms with Crippen molar-refractivity contribution < 1.29 is 4.79 Å². The van der Waals surface area contributed by atoms with Crippen LogP contribution in [0.2, 0.25) is 0 Å². The van der Waals surface area contributed by atoms with E-state index in [0.29, 0.717) is 6.42 Å². The molecule has 0 aromatic heterocycles. The summed E-state index contributed by atoms with van der Waals surface area (Å²) in [5.74, 6) is 0.0817. The van der Waals surface area contributed by atoms with E-state index in [0.717, 1.165) is 24.3 Å². The first-order chi connectivity index (χ1) is 8.44. The highest BCUT2D eigenvalue weighted by Gasteiger charge is 2.16. The number of fused-ring (bicyclic) bond motifs is 1. The molecule has 18 heavy (non-hydrogen) atoms. The van der Waals surface area contributed by atoms with E-state index < -0.39 is 0 Å². The lowest BCUT2D eigenvalue weighted by molar-refractivity contribution is -0.117. The molecule has 0 aliphatic carbocycles. The van der Waals surface area contributed by atoms with Gasteiger partial charge in [-0.1, -0.05) is 26.8 Å². The number of carbonyl (C=O) groups is 1. The van der Waals surface area contributed by atoms with E-state index in [-0.39, 0.29) is 11.3 Å². The molecular formula is C15H22N2O. The predicted molar refractivity (Wildman–Crippen MR) is 76.0 cm³/mol. The molecule has 0 radical (unpaired) electrons. The standard InChI is InChI=1S/C15H22N2O/c1-15(2,3)10-14(18)17-12-7-6-11-5-4-8-16-13(11)9-12/h6-7,9,16H,4-5,8,10H2,1-3H3,(H,17,18). The summed E-state index contributed by atoms with van der Waals surface area (Å²) in [6.07, 6.45) is 2.85. The van der Waals surface area contributed by atoms with Crippen LogP contribution in [0.4, 0.5) is 11.4 Å². The molecule has 1 amide bonds. The van der Waals surface area contributed by atoms with Crippen LogP contribution >= 0.6 is 0 Å². The number of rotatable bonds is 2. The number of carbonyl (C=O) groups excluding carboxylic acids is 1. The predicted octanol–water partition coefficient (Wildman–Crippen LogP) is 3.42. The average molecular weight is 246 g/mol. The van der Waals surface area contributed by atoms with Crippen molar-refractivity contribution in [3.8, 4) is 0 Å². The van der Waals surface area contributed by atoms with Gasteiger partial charge in [0.15, 0.2) is 0 Å². The van der Waals surface area contributed by atoms with Gasteiger partial charge in [0, 0.05) is 24.3 Å². The molecule has 1 aromatic carbocycles. The largest absolute Gasteiger partial charge is 0.385 e. The molecule has 0 saturated heterocycles. The number of nitrogens with one attached hydrogen (secondary N) is 2. The Hall–Kier alpha value is -1.51. The van der Waals surface area contributed by atoms with Gasteiger partial charge in [-0.05, 0) is 36.0 Å². The third kappa shape index (κ3) is 3.49. The second kappa shape index (κ2) is 5.01. The number of aryl methyl sites for hydroxylation is 1. The Balaban J connectivity index is 2.04. The molecule has 1 aliphatic rings. The lowest BCUT2D eigenvalue weighted by Crippen LogP contribution is -2.20. The molecule has 2 rings (SSSR count). The summed E-state index contributed by atoms with van der Waals surface area (Å²) in [6, 6.07) is 6.13. The van der Waals surface area contributed by atoms with E-state index in [1.165, 1.54) is 12.0 Å². The van der Waals surface area contributed by atoms with Gasteiger partial charge in [-0.25, -0.2) is 0 Å². The SMILES string of the molecule is CC(C)(C)CC(=O)Nc1ccc2c(c1)NCCC2. The average Bonchev–Trinajstić information content (AvgIpc) is 2.26. The van der Waals surface area contributed by atoms with Gasteiger partial charge >= 0.3 is 0 Å². The molecule has 0 spiro atoms. The molecule has 1 heterocycles. The number of hydrogen-bond acceptors (Lipinski definition) is 2. The molecule has 1 aliphatic heterocycles. The lowest BCUT2D eigenvalue weighted by Gasteiger charge is -2.20. The van der Waals surface area contributed by atoms with Crippen molar-refractivity contribution in [1.82, 2.24) is 0 Å². The monoisotopic (exact) mass is 246 g/mol. The highest BCUT2D eigenvalue weighted by atomic mass is 16.1. The number of hydrogen-bond donors (Lipinski definition) is 2. The molecule has 0 bridgehead atoms. The van der Waals surface area contributed by atoms with E-state index in [4.69, 9.17) is 0 Å². The molecular weight excluding hydrogens is 224 g/mol. The molecule has 3 heteroatoms. The van der Waals surface area contributed by atoms with Crippen molar-refractivity contribution in [2.75, 3.05) is 17.2 Å². The molecule has 3 nitrogen and oxygen atoms in total. The van der Waals surface area contributed by atoms with Crippen molar-refractivity contribution in [3.63, 3.8) is 0 Å². The van der Waals surface area contributed by atoms with Gasteiger partial charge in [0.25, 0.3) is 0 Å². The van der Waals surface area contributed by atoms with E-state index in [1.807, 2.05) is 12.1 Å². The van der Waals surface area contributed by atoms with Gasteiger partial charge in [-0.15, -0.1) is 0 Å². The summed E-state index contributed by atoms with van der Waals surface area (Å²) >= 11 is 0. The Morgan fingerprint density at radius 3 is 2.89 bits per heavy atom. The Morgan fingerprint density at radius 2 is 2.17 bits per heavy atom. The minimum absolute atomic E-state index is 0.0243. The van der Waals surface area contributed by atoms with Crippen LogP contribution in [-0.4, -0.2) is 12.5 Å². The fourth-order valence-electron chi connectivity index (χ4n) is 2.23. The summed E-state index contributed by atoms with van der Waals surface area (Å²) in [4.78, 5) is 11.9. The Bertz CT molecular complexity index is 446. The fourth-order valence-corrected chi connectivity index (χ4v) is 2.23. The highest BCUT2D eigenvalue weighted by molar-refractivity contribution is 5.91.